The topological polar surface area (TPSA) is 100 Å². The fourth-order valence-electron chi connectivity index (χ4n) is 3.65. The Hall–Kier alpha value is -2.94. The third-order valence-electron chi connectivity index (χ3n) is 5.25. The number of aliphatic hydroxyl groups excluding tert-OH is 1. The van der Waals surface area contributed by atoms with E-state index in [-0.39, 0.29) is 23.8 Å². The average molecular weight is 458 g/mol. The highest BCUT2D eigenvalue weighted by Gasteiger charge is 2.38. The number of carbonyl (C=O) groups is 2. The molecule has 3 atom stereocenters. The lowest BCUT2D eigenvalue weighted by Crippen LogP contribution is -2.39. The average Bonchev–Trinajstić information content (AvgIpc) is 3.35. The highest BCUT2D eigenvalue weighted by Crippen LogP contribution is 2.29. The van der Waals surface area contributed by atoms with Crippen molar-refractivity contribution in [3.05, 3.63) is 80.4 Å². The second-order valence-electron chi connectivity index (χ2n) is 7.36. The van der Waals surface area contributed by atoms with Crippen molar-refractivity contribution in [3.8, 4) is 5.69 Å². The SMILES string of the molecule is O=C(N[C@H]1C[C@@H](C(=O)Nc2ccc(-n3ccccc3=O)cc2)C[C@@H]1O)c1ccc(Cl)s1. The molecule has 4 rings (SSSR count). The molecule has 31 heavy (non-hydrogen) atoms. The molecule has 2 aromatic heterocycles. The Morgan fingerprint density at radius 2 is 1.84 bits per heavy atom. The van der Waals surface area contributed by atoms with Gasteiger partial charge in [-0.1, -0.05) is 17.7 Å². The Bertz CT molecular complexity index is 1160. The molecule has 0 saturated heterocycles. The number of nitrogens with one attached hydrogen (secondary N) is 2. The molecule has 0 aliphatic heterocycles. The monoisotopic (exact) mass is 457 g/mol. The molecule has 2 amide bonds. The van der Waals surface area contributed by atoms with Crippen molar-refractivity contribution >= 4 is 40.4 Å². The van der Waals surface area contributed by atoms with Crippen LogP contribution in [0.2, 0.25) is 4.34 Å². The van der Waals surface area contributed by atoms with E-state index in [0.29, 0.717) is 27.0 Å². The van der Waals surface area contributed by atoms with Crippen molar-refractivity contribution < 1.29 is 14.7 Å². The van der Waals surface area contributed by atoms with Gasteiger partial charge < -0.3 is 15.7 Å². The molecule has 0 spiro atoms. The summed E-state index contributed by atoms with van der Waals surface area (Å²) in [6, 6.07) is 14.6. The van der Waals surface area contributed by atoms with Crippen molar-refractivity contribution in [3.63, 3.8) is 0 Å². The second-order valence-corrected chi connectivity index (χ2v) is 9.08. The van der Waals surface area contributed by atoms with Crippen molar-refractivity contribution in [1.82, 2.24) is 9.88 Å². The summed E-state index contributed by atoms with van der Waals surface area (Å²) in [5.74, 6) is -0.961. The van der Waals surface area contributed by atoms with Crippen molar-refractivity contribution in [1.29, 1.82) is 0 Å². The molecule has 1 saturated carbocycles. The van der Waals surface area contributed by atoms with Gasteiger partial charge in [0, 0.05) is 29.6 Å². The summed E-state index contributed by atoms with van der Waals surface area (Å²) in [5.41, 5.74) is 1.14. The number of hydrogen-bond acceptors (Lipinski definition) is 5. The summed E-state index contributed by atoms with van der Waals surface area (Å²) in [4.78, 5) is 37.4. The number of hydrogen-bond donors (Lipinski definition) is 3. The molecular weight excluding hydrogens is 438 g/mol. The Balaban J connectivity index is 1.36. The van der Waals surface area contributed by atoms with E-state index in [1.54, 1.807) is 54.7 Å². The minimum Gasteiger partial charge on any atom is -0.391 e. The Morgan fingerprint density at radius 1 is 1.06 bits per heavy atom. The fourth-order valence-corrected chi connectivity index (χ4v) is 4.60. The smallest absolute Gasteiger partial charge is 0.261 e. The first-order valence-corrected chi connectivity index (χ1v) is 10.9. The number of anilines is 1. The largest absolute Gasteiger partial charge is 0.391 e. The maximum absolute atomic E-state index is 12.7. The van der Waals surface area contributed by atoms with Gasteiger partial charge in [-0.15, -0.1) is 11.3 Å². The van der Waals surface area contributed by atoms with Crippen LogP contribution in [-0.2, 0) is 4.79 Å². The minimum atomic E-state index is -0.803. The molecule has 1 fully saturated rings. The molecule has 1 aliphatic carbocycles. The summed E-state index contributed by atoms with van der Waals surface area (Å²) in [5, 5.41) is 15.9. The molecule has 160 valence electrons. The van der Waals surface area contributed by atoms with E-state index in [0.717, 1.165) is 11.3 Å². The lowest BCUT2D eigenvalue weighted by atomic mass is 10.1. The zero-order chi connectivity index (χ0) is 22.0. The van der Waals surface area contributed by atoms with E-state index in [4.69, 9.17) is 11.6 Å². The van der Waals surface area contributed by atoms with Crippen molar-refractivity contribution in [2.24, 2.45) is 5.92 Å². The normalized spacial score (nSPS) is 20.4. The molecule has 2 heterocycles. The first-order valence-electron chi connectivity index (χ1n) is 9.74. The van der Waals surface area contributed by atoms with Crippen LogP contribution < -0.4 is 16.2 Å². The van der Waals surface area contributed by atoms with Crippen LogP contribution in [0.15, 0.2) is 65.6 Å². The van der Waals surface area contributed by atoms with Crippen LogP contribution in [0.4, 0.5) is 5.69 Å². The number of aromatic nitrogens is 1. The van der Waals surface area contributed by atoms with Gasteiger partial charge in [-0.05, 0) is 55.3 Å². The van der Waals surface area contributed by atoms with E-state index >= 15 is 0 Å². The van der Waals surface area contributed by atoms with E-state index in [1.165, 1.54) is 10.6 Å². The van der Waals surface area contributed by atoms with Crippen molar-refractivity contribution in [2.75, 3.05) is 5.32 Å². The first-order chi connectivity index (χ1) is 14.9. The summed E-state index contributed by atoms with van der Waals surface area (Å²) in [6.07, 6.45) is 1.48. The number of halogens is 1. The number of aliphatic hydroxyl groups is 1. The van der Waals surface area contributed by atoms with Gasteiger partial charge in [0.05, 0.1) is 21.4 Å². The van der Waals surface area contributed by atoms with Gasteiger partial charge in [-0.2, -0.15) is 0 Å². The predicted octanol–water partition coefficient (Wildman–Crippen LogP) is 3.06. The molecule has 0 unspecified atom stereocenters. The number of benzene rings is 1. The summed E-state index contributed by atoms with van der Waals surface area (Å²) < 4.78 is 2.02. The summed E-state index contributed by atoms with van der Waals surface area (Å²) >= 11 is 7.02. The first kappa shape index (κ1) is 21.3. The lowest BCUT2D eigenvalue weighted by Gasteiger charge is -2.15. The van der Waals surface area contributed by atoms with Gasteiger partial charge in [0.1, 0.15) is 0 Å². The molecule has 0 radical (unpaired) electrons. The molecule has 1 aromatic carbocycles. The zero-order valence-corrected chi connectivity index (χ0v) is 17.9. The standard InChI is InChI=1S/C22H20ClN3O4S/c23-19-9-8-18(31-19)22(30)25-16-11-13(12-17(16)27)21(29)24-14-4-6-15(7-5-14)26-10-2-1-3-20(26)28/h1-10,13,16-17,27H,11-12H2,(H,24,29)(H,25,30)/t13-,16+,17+/m1/s1. The van der Waals surface area contributed by atoms with Gasteiger partial charge in [-0.25, -0.2) is 0 Å². The number of amides is 2. The van der Waals surface area contributed by atoms with Crippen LogP contribution in [0, 0.1) is 5.92 Å². The Kier molecular flexibility index (Phi) is 6.22. The van der Waals surface area contributed by atoms with Crippen LogP contribution in [0.5, 0.6) is 0 Å². The molecule has 9 heteroatoms. The van der Waals surface area contributed by atoms with E-state index in [9.17, 15) is 19.5 Å². The third-order valence-corrected chi connectivity index (χ3v) is 6.48. The van der Waals surface area contributed by atoms with Crippen LogP contribution in [0.1, 0.15) is 22.5 Å². The van der Waals surface area contributed by atoms with Gasteiger partial charge >= 0.3 is 0 Å². The molecule has 3 aromatic rings. The number of nitrogens with zero attached hydrogens (tertiary/aromatic N) is 1. The predicted molar refractivity (Wildman–Crippen MR) is 120 cm³/mol. The van der Waals surface area contributed by atoms with Crippen LogP contribution >= 0.6 is 22.9 Å². The highest BCUT2D eigenvalue weighted by molar-refractivity contribution is 7.18. The second kappa shape index (κ2) is 9.05. The van der Waals surface area contributed by atoms with Gasteiger partial charge in [0.15, 0.2) is 0 Å². The molecule has 0 bridgehead atoms. The van der Waals surface area contributed by atoms with Crippen LogP contribution in [0.25, 0.3) is 5.69 Å². The maximum atomic E-state index is 12.7. The number of carbonyl (C=O) groups excluding carboxylic acids is 2. The maximum Gasteiger partial charge on any atom is 0.261 e. The summed E-state index contributed by atoms with van der Waals surface area (Å²) in [6.45, 7) is 0. The number of pyridine rings is 1. The molecular formula is C22H20ClN3O4S. The summed E-state index contributed by atoms with van der Waals surface area (Å²) in [7, 11) is 0. The Labute approximate surface area is 187 Å². The minimum absolute atomic E-state index is 0.142. The molecule has 1 aliphatic rings. The number of rotatable bonds is 5. The molecule has 3 N–H and O–H groups in total. The lowest BCUT2D eigenvalue weighted by molar-refractivity contribution is -0.119. The van der Waals surface area contributed by atoms with Crippen LogP contribution in [0.3, 0.4) is 0 Å². The molecule has 7 nitrogen and oxygen atoms in total. The third kappa shape index (κ3) is 4.87. The quantitative estimate of drug-likeness (QED) is 0.548. The Morgan fingerprint density at radius 3 is 2.52 bits per heavy atom. The van der Waals surface area contributed by atoms with Gasteiger partial charge in [0.25, 0.3) is 11.5 Å². The van der Waals surface area contributed by atoms with E-state index in [2.05, 4.69) is 10.6 Å². The fraction of sp³-hybridized carbons (Fsp3) is 0.227. The van der Waals surface area contributed by atoms with Crippen LogP contribution in [-0.4, -0.2) is 33.6 Å². The van der Waals surface area contributed by atoms with Gasteiger partial charge in [-0.3, -0.25) is 19.0 Å². The zero-order valence-electron chi connectivity index (χ0n) is 16.3. The van der Waals surface area contributed by atoms with E-state index in [1.807, 2.05) is 0 Å². The van der Waals surface area contributed by atoms with Gasteiger partial charge in [0.2, 0.25) is 5.91 Å². The van der Waals surface area contributed by atoms with Crippen molar-refractivity contribution in [2.45, 2.75) is 25.0 Å². The highest BCUT2D eigenvalue weighted by atomic mass is 35.5. The van der Waals surface area contributed by atoms with E-state index < -0.39 is 18.1 Å². The number of thiophene rings is 1.